The van der Waals surface area contributed by atoms with Crippen molar-refractivity contribution in [3.8, 4) is 0 Å². The number of likely N-dealkylation sites (N-methyl/N-ethyl adjacent to an activating group) is 1. The molecule has 0 N–H and O–H groups in total. The van der Waals surface area contributed by atoms with Crippen LogP contribution in [-0.4, -0.2) is 73.6 Å². The Labute approximate surface area is 168 Å². The van der Waals surface area contributed by atoms with E-state index < -0.39 is 11.7 Å². The van der Waals surface area contributed by atoms with Crippen molar-refractivity contribution in [3.05, 3.63) is 48.1 Å². The van der Waals surface area contributed by atoms with Crippen LogP contribution in [0, 0.1) is 0 Å². The molecule has 0 aromatic heterocycles. The fraction of sp³-hybridized carbons (Fsp3) is 0.524. The predicted octanol–water partition coefficient (Wildman–Crippen LogP) is 4.03. The van der Waals surface area contributed by atoms with Crippen LogP contribution in [0.5, 0.6) is 0 Å². The van der Waals surface area contributed by atoms with Crippen LogP contribution in [0.25, 0.3) is 0 Å². The average molecular weight is 410 g/mol. The van der Waals surface area contributed by atoms with Crippen LogP contribution in [-0.2, 0) is 0 Å². The van der Waals surface area contributed by atoms with Crippen molar-refractivity contribution in [2.75, 3.05) is 51.2 Å². The minimum absolute atomic E-state index is 0.0182. The molecule has 152 valence electrons. The maximum atomic E-state index is 13.3. The maximum Gasteiger partial charge on any atom is 0.416 e. The van der Waals surface area contributed by atoms with E-state index in [1.807, 2.05) is 18.2 Å². The zero-order chi connectivity index (χ0) is 19.7. The topological polar surface area (TPSA) is 9.72 Å². The monoisotopic (exact) mass is 409 g/mol. The second kappa shape index (κ2) is 8.13. The number of hydrogen-bond acceptors (Lipinski definition) is 4. The molecule has 1 aromatic carbocycles. The van der Waals surface area contributed by atoms with E-state index >= 15 is 0 Å². The first-order valence-corrected chi connectivity index (χ1v) is 10.7. The minimum atomic E-state index is -4.30. The highest BCUT2D eigenvalue weighted by Crippen LogP contribution is 2.45. The summed E-state index contributed by atoms with van der Waals surface area (Å²) in [5.74, 6) is 0. The van der Waals surface area contributed by atoms with E-state index in [4.69, 9.17) is 0 Å². The van der Waals surface area contributed by atoms with Gasteiger partial charge in [0, 0.05) is 37.6 Å². The van der Waals surface area contributed by atoms with E-state index in [-0.39, 0.29) is 11.3 Å². The summed E-state index contributed by atoms with van der Waals surface area (Å²) in [7, 11) is 2.14. The summed E-state index contributed by atoms with van der Waals surface area (Å²) in [6.07, 6.45) is 1.04. The molecule has 7 heteroatoms. The van der Waals surface area contributed by atoms with E-state index in [0.29, 0.717) is 0 Å². The molecule has 0 saturated carbocycles. The first kappa shape index (κ1) is 19.9. The molecule has 1 saturated heterocycles. The lowest BCUT2D eigenvalue weighted by molar-refractivity contribution is -0.0887. The van der Waals surface area contributed by atoms with Gasteiger partial charge in [0.05, 0.1) is 22.6 Å². The lowest BCUT2D eigenvalue weighted by Gasteiger charge is -2.43. The number of piperazine rings is 1. The third kappa shape index (κ3) is 4.26. The van der Waals surface area contributed by atoms with Crippen molar-refractivity contribution < 1.29 is 13.2 Å². The number of allylic oxidation sites excluding steroid dienone is 2. The SMILES string of the molecule is CN1CCN(CCCN2c3ccccc3S[C@H]3C=CC(C(F)(F)F)=C[C@@H]32)CC1. The third-order valence-electron chi connectivity index (χ3n) is 5.75. The number of rotatable bonds is 4. The van der Waals surface area contributed by atoms with Crippen LogP contribution in [0.1, 0.15) is 6.42 Å². The third-order valence-corrected chi connectivity index (χ3v) is 7.05. The highest BCUT2D eigenvalue weighted by molar-refractivity contribution is 8.00. The number of hydrogen-bond donors (Lipinski definition) is 0. The predicted molar refractivity (Wildman–Crippen MR) is 109 cm³/mol. The van der Waals surface area contributed by atoms with Gasteiger partial charge in [0.2, 0.25) is 0 Å². The Hall–Kier alpha value is -1.44. The Morgan fingerprint density at radius 3 is 2.57 bits per heavy atom. The number of nitrogens with zero attached hydrogens (tertiary/aromatic N) is 3. The van der Waals surface area contributed by atoms with Gasteiger partial charge in [0.25, 0.3) is 0 Å². The molecule has 2 atom stereocenters. The molecular formula is C21H26F3N3S. The summed E-state index contributed by atoms with van der Waals surface area (Å²) < 4.78 is 39.9. The fourth-order valence-electron chi connectivity index (χ4n) is 4.12. The van der Waals surface area contributed by atoms with Crippen molar-refractivity contribution >= 4 is 17.4 Å². The van der Waals surface area contributed by atoms with E-state index in [0.717, 1.165) is 56.3 Å². The van der Waals surface area contributed by atoms with Gasteiger partial charge >= 0.3 is 6.18 Å². The molecule has 3 nitrogen and oxygen atoms in total. The Kier molecular flexibility index (Phi) is 5.76. The number of halogens is 3. The highest BCUT2D eigenvalue weighted by atomic mass is 32.2. The van der Waals surface area contributed by atoms with Gasteiger partial charge in [-0.15, -0.1) is 11.8 Å². The zero-order valence-corrected chi connectivity index (χ0v) is 16.8. The van der Waals surface area contributed by atoms with Crippen molar-refractivity contribution in [1.29, 1.82) is 0 Å². The Morgan fingerprint density at radius 1 is 1.07 bits per heavy atom. The Balaban J connectivity index is 1.50. The van der Waals surface area contributed by atoms with Crippen LogP contribution in [0.4, 0.5) is 18.9 Å². The van der Waals surface area contributed by atoms with Gasteiger partial charge in [0.15, 0.2) is 0 Å². The van der Waals surface area contributed by atoms with Gasteiger partial charge in [-0.25, -0.2) is 0 Å². The summed E-state index contributed by atoms with van der Waals surface area (Å²) >= 11 is 1.66. The van der Waals surface area contributed by atoms with Gasteiger partial charge in [-0.05, 0) is 38.2 Å². The number of thioether (sulfide) groups is 1. The van der Waals surface area contributed by atoms with Crippen LogP contribution in [0.2, 0.25) is 0 Å². The standard InChI is InChI=1S/C21H26F3N3S/c1-25-11-13-26(14-12-25)9-4-10-27-17-5-2-3-6-19(17)28-20-8-7-16(15-18(20)27)21(22,23)24/h2-3,5-8,15,18,20H,4,9-14H2,1H3/t18-,20-/m0/s1. The van der Waals surface area contributed by atoms with Crippen LogP contribution >= 0.6 is 11.8 Å². The second-order valence-electron chi connectivity index (χ2n) is 7.71. The normalized spacial score (nSPS) is 26.0. The summed E-state index contributed by atoms with van der Waals surface area (Å²) in [6.45, 7) is 6.04. The molecule has 3 aliphatic rings. The zero-order valence-electron chi connectivity index (χ0n) is 16.0. The van der Waals surface area contributed by atoms with Crippen LogP contribution in [0.3, 0.4) is 0 Å². The van der Waals surface area contributed by atoms with Crippen molar-refractivity contribution in [2.45, 2.75) is 28.8 Å². The molecule has 0 unspecified atom stereocenters. The second-order valence-corrected chi connectivity index (χ2v) is 8.93. The molecule has 0 radical (unpaired) electrons. The van der Waals surface area contributed by atoms with E-state index in [2.05, 4.69) is 27.8 Å². The molecular weight excluding hydrogens is 383 g/mol. The summed E-state index contributed by atoms with van der Waals surface area (Å²) in [5.41, 5.74) is 0.526. The van der Waals surface area contributed by atoms with E-state index in [1.54, 1.807) is 17.8 Å². The summed E-state index contributed by atoms with van der Waals surface area (Å²) in [4.78, 5) is 8.12. The van der Waals surface area contributed by atoms with E-state index in [1.165, 1.54) is 12.2 Å². The summed E-state index contributed by atoms with van der Waals surface area (Å²) in [6, 6.07) is 7.82. The van der Waals surface area contributed by atoms with Gasteiger partial charge in [-0.3, -0.25) is 0 Å². The lowest BCUT2D eigenvalue weighted by Crippen LogP contribution is -2.47. The van der Waals surface area contributed by atoms with Gasteiger partial charge in [-0.2, -0.15) is 13.2 Å². The number of fused-ring (bicyclic) bond motifs is 2. The molecule has 28 heavy (non-hydrogen) atoms. The number of para-hydroxylation sites is 1. The Morgan fingerprint density at radius 2 is 1.82 bits per heavy atom. The molecule has 0 spiro atoms. The molecule has 1 aromatic rings. The number of benzene rings is 1. The quantitative estimate of drug-likeness (QED) is 0.742. The van der Waals surface area contributed by atoms with Gasteiger partial charge in [-0.1, -0.05) is 24.3 Å². The van der Waals surface area contributed by atoms with Crippen LogP contribution < -0.4 is 4.90 Å². The molecule has 2 aliphatic heterocycles. The van der Waals surface area contributed by atoms with Crippen molar-refractivity contribution in [3.63, 3.8) is 0 Å². The fourth-order valence-corrected chi connectivity index (χ4v) is 5.40. The van der Waals surface area contributed by atoms with Gasteiger partial charge < -0.3 is 14.7 Å². The number of anilines is 1. The molecule has 0 bridgehead atoms. The maximum absolute atomic E-state index is 13.3. The lowest BCUT2D eigenvalue weighted by atomic mass is 9.99. The highest BCUT2D eigenvalue weighted by Gasteiger charge is 2.39. The Bertz CT molecular complexity index is 754. The average Bonchev–Trinajstić information content (AvgIpc) is 2.68. The molecule has 2 heterocycles. The van der Waals surface area contributed by atoms with Crippen molar-refractivity contribution in [2.24, 2.45) is 0 Å². The van der Waals surface area contributed by atoms with Crippen LogP contribution in [0.15, 0.2) is 53.0 Å². The molecule has 0 amide bonds. The summed E-state index contributed by atoms with van der Waals surface area (Å²) in [5, 5.41) is 0.0182. The first-order chi connectivity index (χ1) is 13.4. The van der Waals surface area contributed by atoms with Crippen molar-refractivity contribution in [1.82, 2.24) is 9.80 Å². The van der Waals surface area contributed by atoms with Gasteiger partial charge in [0.1, 0.15) is 0 Å². The first-order valence-electron chi connectivity index (χ1n) is 9.82. The molecule has 1 fully saturated rings. The van der Waals surface area contributed by atoms with E-state index in [9.17, 15) is 13.2 Å². The minimum Gasteiger partial charge on any atom is -0.363 e. The molecule has 1 aliphatic carbocycles. The number of alkyl halides is 3. The smallest absolute Gasteiger partial charge is 0.363 e. The molecule has 4 rings (SSSR count). The largest absolute Gasteiger partial charge is 0.416 e.